The van der Waals surface area contributed by atoms with Crippen molar-refractivity contribution in [3.8, 4) is 176 Å². The van der Waals surface area contributed by atoms with Gasteiger partial charge >= 0.3 is 0 Å². The Balaban J connectivity index is 0.000000111. The van der Waals surface area contributed by atoms with Gasteiger partial charge in [0, 0.05) is 116 Å². The summed E-state index contributed by atoms with van der Waals surface area (Å²) in [5, 5.41) is 5.66. The van der Waals surface area contributed by atoms with E-state index in [9.17, 15) is 0 Å². The van der Waals surface area contributed by atoms with Gasteiger partial charge < -0.3 is 13.3 Å². The first-order valence-electron chi connectivity index (χ1n) is 49.6. The summed E-state index contributed by atoms with van der Waals surface area (Å²) in [6.07, 6.45) is 0. The van der Waals surface area contributed by atoms with Gasteiger partial charge in [-0.05, 0) is 138 Å². The van der Waals surface area contributed by atoms with E-state index in [0.717, 1.165) is 222 Å². The summed E-state index contributed by atoms with van der Waals surface area (Å²) < 4.78 is 26.3. The number of fused-ring (bicyclic) bond motifs is 12. The Morgan fingerprint density at radius 1 is 0.133 bits per heavy atom. The largest absolute Gasteiger partial charge is 0.456 e. The molecule has 29 aromatic rings. The molecule has 0 spiro atoms. The second-order valence-electron chi connectivity index (χ2n) is 36.4. The lowest BCUT2D eigenvalue weighted by Crippen LogP contribution is -2.01. The van der Waals surface area contributed by atoms with Crippen LogP contribution in [0, 0.1) is 0 Å². The molecule has 20 aromatic carbocycles. The summed E-state index contributed by atoms with van der Waals surface area (Å²) >= 11 is 0. The third-order valence-corrected chi connectivity index (χ3v) is 27.3. The van der Waals surface area contributed by atoms with Crippen molar-refractivity contribution in [2.75, 3.05) is 0 Å². The Kier molecular flexibility index (Phi) is 22.4. The van der Waals surface area contributed by atoms with Crippen molar-refractivity contribution in [1.29, 1.82) is 0 Å². The fourth-order valence-electron chi connectivity index (χ4n) is 20.4. The van der Waals surface area contributed by atoms with E-state index in [1.54, 1.807) is 0 Å². The normalized spacial score (nSPS) is 11.5. The minimum atomic E-state index is 0.564. The van der Waals surface area contributed by atoms with Gasteiger partial charge in [-0.1, -0.05) is 388 Å². The van der Waals surface area contributed by atoms with Crippen molar-refractivity contribution in [1.82, 2.24) is 73.5 Å². The van der Waals surface area contributed by atoms with Crippen LogP contribution in [0.1, 0.15) is 0 Å². The second kappa shape index (κ2) is 38.2. The summed E-state index contributed by atoms with van der Waals surface area (Å²) in [6, 6.07) is 170. The molecule has 704 valence electrons. The molecule has 0 saturated heterocycles. The van der Waals surface area contributed by atoms with Crippen LogP contribution >= 0.6 is 0 Å². The highest BCUT2D eigenvalue weighted by Gasteiger charge is 2.30. The molecule has 0 saturated carbocycles. The Bertz CT molecular complexity index is 10100. The highest BCUT2D eigenvalue weighted by atomic mass is 16.3. The van der Waals surface area contributed by atoms with Gasteiger partial charge in [0.2, 0.25) is 0 Å². The van der Waals surface area contributed by atoms with Crippen LogP contribution in [0.5, 0.6) is 0 Å². The maximum Gasteiger partial charge on any atom is 0.164 e. The lowest BCUT2D eigenvalue weighted by molar-refractivity contribution is 0.668. The Labute approximate surface area is 859 Å². The molecule has 0 bridgehead atoms. The molecule has 0 amide bonds. The number of aromatic nitrogens is 15. The van der Waals surface area contributed by atoms with Gasteiger partial charge in [0.15, 0.2) is 52.4 Å². The van der Waals surface area contributed by atoms with Crippen molar-refractivity contribution in [3.05, 3.63) is 504 Å². The molecule has 0 aliphatic heterocycles. The molecule has 0 radical (unpaired) electrons. The molecule has 9 aromatic heterocycles. The summed E-state index contributed by atoms with van der Waals surface area (Å²) in [7, 11) is 0. The smallest absolute Gasteiger partial charge is 0.164 e. The maximum absolute atomic E-state index is 6.58. The highest BCUT2D eigenvalue weighted by molar-refractivity contribution is 6.20. The summed E-state index contributed by atoms with van der Waals surface area (Å²) in [4.78, 5) is 61.3. The molecule has 18 heteroatoms. The first-order chi connectivity index (χ1) is 74.4. The van der Waals surface area contributed by atoms with E-state index in [1.807, 2.05) is 243 Å². The minimum absolute atomic E-state index is 0.564. The number of furan rings is 3. The first-order valence-corrected chi connectivity index (χ1v) is 49.6. The van der Waals surface area contributed by atoms with Crippen LogP contribution in [0.4, 0.5) is 0 Å². The van der Waals surface area contributed by atoms with E-state index in [2.05, 4.69) is 275 Å². The van der Waals surface area contributed by atoms with Gasteiger partial charge in [-0.25, -0.2) is 59.8 Å². The Morgan fingerprint density at radius 3 is 0.620 bits per heavy atom. The van der Waals surface area contributed by atoms with Gasteiger partial charge in [-0.3, -0.25) is 13.7 Å². The molecular formula is C132H83N15O3. The average molecular weight is 1930 g/mol. The molecular weight excluding hydrogens is 1840 g/mol. The number of imidazole rings is 3. The van der Waals surface area contributed by atoms with Gasteiger partial charge in [-0.15, -0.1) is 0 Å². The molecule has 9 heterocycles. The Hall–Kier alpha value is -20.8. The summed E-state index contributed by atoms with van der Waals surface area (Å²) in [6.45, 7) is 0. The van der Waals surface area contributed by atoms with Gasteiger partial charge in [-0.2, -0.15) is 0 Å². The van der Waals surface area contributed by atoms with E-state index in [4.69, 9.17) is 73.1 Å². The van der Waals surface area contributed by atoms with Crippen LogP contribution in [0.15, 0.2) is 517 Å². The van der Waals surface area contributed by atoms with Crippen LogP contribution in [0.2, 0.25) is 0 Å². The number of rotatable bonds is 17. The zero-order chi connectivity index (χ0) is 99.3. The lowest BCUT2D eigenvalue weighted by Gasteiger charge is -2.12. The SMILES string of the molecule is c1ccc(-c2ccc(-c3nc(-c4ccccc4)nc(-c4cccc5oc6cccc(-c7nc8ccccc8n7-c7ccccc7)c6c45)n3)cc2)cc1.c1ccc(-c2cccc(-c3nc(-c4ccccc4)nc(-c4cccc5oc6cccc(-c7nc8ccccc8n7-c7ccccc7)c6c45)n3)c2)cc1.c1ccc(-c2nc(-c3ccccc3)nc(-c3cccc4oc5cccc(-c6nc7ccccc7n6-c6ccccc6)c5c34)n2)cc1. The molecule has 0 N–H and O–H groups in total. The number of benzene rings is 20. The van der Waals surface area contributed by atoms with E-state index in [0.29, 0.717) is 52.4 Å². The monoisotopic (exact) mass is 1930 g/mol. The average Bonchev–Trinajstić information content (AvgIpc) is 1.59. The van der Waals surface area contributed by atoms with Crippen LogP contribution in [-0.4, -0.2) is 73.5 Å². The predicted molar refractivity (Wildman–Crippen MR) is 601 cm³/mol. The quantitative estimate of drug-likeness (QED) is 0.0830. The zero-order valence-electron chi connectivity index (χ0n) is 80.4. The third kappa shape index (κ3) is 16.3. The van der Waals surface area contributed by atoms with E-state index >= 15 is 0 Å². The number of hydrogen-bond donors (Lipinski definition) is 0. The molecule has 0 fully saturated rings. The minimum Gasteiger partial charge on any atom is -0.456 e. The molecule has 0 atom stereocenters. The van der Waals surface area contributed by atoms with E-state index in [-0.39, 0.29) is 0 Å². The van der Waals surface area contributed by atoms with Gasteiger partial charge in [0.05, 0.1) is 33.1 Å². The third-order valence-electron chi connectivity index (χ3n) is 27.3. The topological polar surface area (TPSA) is 209 Å². The zero-order valence-corrected chi connectivity index (χ0v) is 80.4. The van der Waals surface area contributed by atoms with Crippen molar-refractivity contribution in [2.45, 2.75) is 0 Å². The van der Waals surface area contributed by atoms with Gasteiger partial charge in [0.1, 0.15) is 51.0 Å². The molecule has 18 nitrogen and oxygen atoms in total. The van der Waals surface area contributed by atoms with Crippen LogP contribution in [0.25, 0.3) is 275 Å². The fourth-order valence-corrected chi connectivity index (χ4v) is 20.4. The molecule has 0 aliphatic rings. The summed E-state index contributed by atoms with van der Waals surface area (Å²) in [5.41, 5.74) is 28.9. The van der Waals surface area contributed by atoms with Crippen molar-refractivity contribution in [3.63, 3.8) is 0 Å². The standard InChI is InChI=1S/2C46H29N5O.C40H25N5O/c1-4-15-30(16-5-1)32-19-12-20-33(29-32)44-48-43(31-17-6-2-7-18-31)49-45(50-44)35-23-13-27-39-41(35)42-36(24-14-28-40(42)52-39)46-47-37-25-10-11-26-38(37)51(46)34-21-8-3-9-22-34;1-4-14-30(15-5-1)31-26-28-33(29-27-31)44-48-43(32-16-6-2-7-17-32)49-45(50-44)35-20-12-24-39-41(35)42-36(21-13-25-40(42)52-39)46-47-37-22-10-11-23-38(37)51(46)34-18-8-3-9-19-34;1-4-14-26(15-5-1)37-42-38(27-16-6-2-7-17-27)44-39(43-37)29-20-12-24-33-35(29)36-30(21-13-25-34(36)46-33)40-41-31-22-10-11-23-32(31)45(40)28-18-8-3-9-19-28/h2*1-29H;1-25H. The molecule has 29 rings (SSSR count). The van der Waals surface area contributed by atoms with Crippen LogP contribution < -0.4 is 0 Å². The van der Waals surface area contributed by atoms with E-state index < -0.39 is 0 Å². The van der Waals surface area contributed by atoms with Gasteiger partial charge in [0.25, 0.3) is 0 Å². The molecule has 0 unspecified atom stereocenters. The number of hydrogen-bond acceptors (Lipinski definition) is 15. The molecule has 0 aliphatic carbocycles. The number of nitrogens with zero attached hydrogens (tertiary/aromatic N) is 15. The molecule has 150 heavy (non-hydrogen) atoms. The highest BCUT2D eigenvalue weighted by Crippen LogP contribution is 2.48. The van der Waals surface area contributed by atoms with Crippen LogP contribution in [0.3, 0.4) is 0 Å². The van der Waals surface area contributed by atoms with Crippen molar-refractivity contribution in [2.24, 2.45) is 0 Å². The Morgan fingerprint density at radius 2 is 0.327 bits per heavy atom. The lowest BCUT2D eigenvalue weighted by atomic mass is 10.0. The van der Waals surface area contributed by atoms with Crippen LogP contribution in [-0.2, 0) is 0 Å². The fraction of sp³-hybridized carbons (Fsp3) is 0. The van der Waals surface area contributed by atoms with E-state index in [1.165, 1.54) is 0 Å². The number of para-hydroxylation sites is 9. The second-order valence-corrected chi connectivity index (χ2v) is 36.4. The summed E-state index contributed by atoms with van der Waals surface area (Å²) in [5.74, 6) is 7.81. The maximum atomic E-state index is 6.58. The first kappa shape index (κ1) is 88.2. The van der Waals surface area contributed by atoms with Crippen molar-refractivity contribution >= 4 is 98.9 Å². The predicted octanol–water partition coefficient (Wildman–Crippen LogP) is 32.7. The van der Waals surface area contributed by atoms with Crippen molar-refractivity contribution < 1.29 is 13.3 Å².